The Balaban J connectivity index is 1.73. The van der Waals surface area contributed by atoms with E-state index < -0.39 is 11.8 Å². The molecule has 3 amide bonds. The van der Waals surface area contributed by atoms with Crippen molar-refractivity contribution in [3.05, 3.63) is 59.2 Å². The van der Waals surface area contributed by atoms with Crippen molar-refractivity contribution in [3.8, 4) is 5.75 Å². The van der Waals surface area contributed by atoms with E-state index in [0.717, 1.165) is 11.1 Å². The summed E-state index contributed by atoms with van der Waals surface area (Å²) in [6, 6.07) is 12.2. The average Bonchev–Trinajstić information content (AvgIpc) is 2.68. The van der Waals surface area contributed by atoms with Crippen LogP contribution in [0.5, 0.6) is 5.75 Å². The van der Waals surface area contributed by atoms with Crippen LogP contribution in [0.15, 0.2) is 42.5 Å². The van der Waals surface area contributed by atoms with Gasteiger partial charge in [-0.2, -0.15) is 0 Å². The molecular weight excluding hydrogens is 358 g/mol. The van der Waals surface area contributed by atoms with Gasteiger partial charge in [-0.25, -0.2) is 0 Å². The van der Waals surface area contributed by atoms with Gasteiger partial charge in [-0.1, -0.05) is 6.07 Å². The Morgan fingerprint density at radius 1 is 0.857 bits per heavy atom. The Bertz CT molecular complexity index is 847. The molecule has 0 saturated carbocycles. The van der Waals surface area contributed by atoms with Crippen LogP contribution >= 0.6 is 0 Å². The van der Waals surface area contributed by atoms with Crippen LogP contribution in [0.4, 0.5) is 5.69 Å². The molecule has 148 valence electrons. The molecular formula is C21H25N3O4. The molecule has 7 heteroatoms. The Hall–Kier alpha value is -3.35. The van der Waals surface area contributed by atoms with E-state index in [1.807, 2.05) is 39.0 Å². The first-order valence-electron chi connectivity index (χ1n) is 9.08. The number of hydrogen-bond acceptors (Lipinski definition) is 4. The molecule has 0 saturated heterocycles. The Kier molecular flexibility index (Phi) is 7.56. The lowest BCUT2D eigenvalue weighted by molar-refractivity contribution is -0.124. The van der Waals surface area contributed by atoms with Crippen LogP contribution in [-0.2, 0) is 9.59 Å². The third kappa shape index (κ3) is 6.42. The minimum Gasteiger partial charge on any atom is -0.494 e. The summed E-state index contributed by atoms with van der Waals surface area (Å²) in [6.45, 7) is 6.37. The molecule has 7 nitrogen and oxygen atoms in total. The molecule has 3 N–H and O–H groups in total. The third-order valence-electron chi connectivity index (χ3n) is 4.11. The van der Waals surface area contributed by atoms with Crippen LogP contribution in [0.25, 0.3) is 0 Å². The molecule has 28 heavy (non-hydrogen) atoms. The molecule has 2 aromatic rings. The molecule has 0 fully saturated rings. The van der Waals surface area contributed by atoms with Crippen molar-refractivity contribution in [2.45, 2.75) is 33.6 Å². The van der Waals surface area contributed by atoms with Gasteiger partial charge in [-0.3, -0.25) is 25.2 Å². The number of nitrogens with one attached hydrogen (secondary N) is 3. The van der Waals surface area contributed by atoms with Gasteiger partial charge < -0.3 is 10.1 Å². The van der Waals surface area contributed by atoms with E-state index in [0.29, 0.717) is 23.6 Å². The lowest BCUT2D eigenvalue weighted by Gasteiger charge is -2.09. The topological polar surface area (TPSA) is 96.5 Å². The molecule has 0 unspecified atom stereocenters. The predicted molar refractivity (Wildman–Crippen MR) is 107 cm³/mol. The second kappa shape index (κ2) is 10.1. The quantitative estimate of drug-likeness (QED) is 0.641. The lowest BCUT2D eigenvalue weighted by atomic mass is 10.1. The van der Waals surface area contributed by atoms with Crippen LogP contribution in [0.1, 0.15) is 41.3 Å². The number of carbonyl (C=O) groups excluding carboxylic acids is 3. The zero-order valence-electron chi connectivity index (χ0n) is 16.3. The Labute approximate surface area is 164 Å². The van der Waals surface area contributed by atoms with Gasteiger partial charge in [0, 0.05) is 24.1 Å². The molecule has 0 spiro atoms. The minimum atomic E-state index is -0.450. The number of hydrogen-bond donors (Lipinski definition) is 3. The zero-order chi connectivity index (χ0) is 20.5. The standard InChI is InChI=1S/C21H25N3O4/c1-4-28-18-9-6-16(7-10-18)21(27)24-23-20(26)12-11-19(25)22-17-8-5-14(2)15(3)13-17/h5-10,13H,4,11-12H2,1-3H3,(H,22,25)(H,23,26)(H,24,27). The first-order valence-corrected chi connectivity index (χ1v) is 9.08. The number of anilines is 1. The maximum absolute atomic E-state index is 12.0. The first-order chi connectivity index (χ1) is 13.4. The van der Waals surface area contributed by atoms with Crippen molar-refractivity contribution in [1.29, 1.82) is 0 Å². The molecule has 0 atom stereocenters. The Morgan fingerprint density at radius 3 is 2.18 bits per heavy atom. The molecule has 0 aliphatic heterocycles. The van der Waals surface area contributed by atoms with Crippen LogP contribution in [0, 0.1) is 13.8 Å². The van der Waals surface area contributed by atoms with Gasteiger partial charge in [0.05, 0.1) is 6.61 Å². The molecule has 0 aromatic heterocycles. The van der Waals surface area contributed by atoms with Gasteiger partial charge in [-0.05, 0) is 68.3 Å². The second-order valence-electron chi connectivity index (χ2n) is 6.31. The molecule has 2 rings (SSSR count). The summed E-state index contributed by atoms with van der Waals surface area (Å²) in [6.07, 6.45) is -0.0298. The molecule has 0 bridgehead atoms. The highest BCUT2D eigenvalue weighted by molar-refractivity contribution is 5.96. The number of ether oxygens (including phenoxy) is 1. The van der Waals surface area contributed by atoms with Crippen molar-refractivity contribution in [2.75, 3.05) is 11.9 Å². The minimum absolute atomic E-state index is 0.0116. The van der Waals surface area contributed by atoms with Crippen LogP contribution in [0.2, 0.25) is 0 Å². The smallest absolute Gasteiger partial charge is 0.269 e. The summed E-state index contributed by atoms with van der Waals surface area (Å²) in [4.78, 5) is 35.8. The number of benzene rings is 2. The summed E-state index contributed by atoms with van der Waals surface area (Å²) < 4.78 is 5.31. The largest absolute Gasteiger partial charge is 0.494 e. The molecule has 0 radical (unpaired) electrons. The van der Waals surface area contributed by atoms with Gasteiger partial charge in [0.2, 0.25) is 11.8 Å². The number of rotatable bonds is 7. The van der Waals surface area contributed by atoms with E-state index in [1.165, 1.54) is 0 Å². The number of aryl methyl sites for hydroxylation is 2. The normalized spacial score (nSPS) is 10.1. The molecule has 0 aliphatic carbocycles. The van der Waals surface area contributed by atoms with Crippen molar-refractivity contribution < 1.29 is 19.1 Å². The first kappa shape index (κ1) is 21.0. The third-order valence-corrected chi connectivity index (χ3v) is 4.11. The average molecular weight is 383 g/mol. The van der Waals surface area contributed by atoms with E-state index in [1.54, 1.807) is 24.3 Å². The van der Waals surface area contributed by atoms with E-state index in [2.05, 4.69) is 16.2 Å². The zero-order valence-corrected chi connectivity index (χ0v) is 16.3. The molecule has 0 heterocycles. The fourth-order valence-electron chi connectivity index (χ4n) is 2.40. The highest BCUT2D eigenvalue weighted by atomic mass is 16.5. The van der Waals surface area contributed by atoms with Crippen molar-refractivity contribution in [1.82, 2.24) is 10.9 Å². The van der Waals surface area contributed by atoms with Gasteiger partial charge in [0.1, 0.15) is 5.75 Å². The van der Waals surface area contributed by atoms with Crippen molar-refractivity contribution in [2.24, 2.45) is 0 Å². The number of hydrazine groups is 1. The summed E-state index contributed by atoms with van der Waals surface area (Å²) in [5, 5.41) is 2.75. The van der Waals surface area contributed by atoms with Crippen LogP contribution < -0.4 is 20.9 Å². The maximum Gasteiger partial charge on any atom is 0.269 e. The van der Waals surface area contributed by atoms with E-state index in [-0.39, 0.29) is 18.7 Å². The number of amides is 3. The summed E-state index contributed by atoms with van der Waals surface area (Å²) in [5.74, 6) is -0.500. The van der Waals surface area contributed by atoms with Gasteiger partial charge in [0.25, 0.3) is 5.91 Å². The summed E-state index contributed by atoms with van der Waals surface area (Å²) in [5.41, 5.74) is 7.93. The number of carbonyl (C=O) groups is 3. The summed E-state index contributed by atoms with van der Waals surface area (Å²) >= 11 is 0. The van der Waals surface area contributed by atoms with E-state index in [4.69, 9.17) is 4.74 Å². The van der Waals surface area contributed by atoms with Crippen LogP contribution in [-0.4, -0.2) is 24.3 Å². The Morgan fingerprint density at radius 2 is 1.54 bits per heavy atom. The highest BCUT2D eigenvalue weighted by Gasteiger charge is 2.10. The van der Waals surface area contributed by atoms with Crippen molar-refractivity contribution >= 4 is 23.4 Å². The highest BCUT2D eigenvalue weighted by Crippen LogP contribution is 2.14. The van der Waals surface area contributed by atoms with Gasteiger partial charge in [-0.15, -0.1) is 0 Å². The lowest BCUT2D eigenvalue weighted by Crippen LogP contribution is -2.41. The second-order valence-corrected chi connectivity index (χ2v) is 6.31. The van der Waals surface area contributed by atoms with Gasteiger partial charge in [0.15, 0.2) is 0 Å². The maximum atomic E-state index is 12.0. The molecule has 0 aliphatic rings. The SMILES string of the molecule is CCOc1ccc(C(=O)NNC(=O)CCC(=O)Nc2ccc(C)c(C)c2)cc1. The van der Waals surface area contributed by atoms with Gasteiger partial charge >= 0.3 is 0 Å². The fraction of sp³-hybridized carbons (Fsp3) is 0.286. The van der Waals surface area contributed by atoms with E-state index >= 15 is 0 Å². The molecule has 2 aromatic carbocycles. The monoisotopic (exact) mass is 383 g/mol. The fourth-order valence-corrected chi connectivity index (χ4v) is 2.40. The summed E-state index contributed by atoms with van der Waals surface area (Å²) in [7, 11) is 0. The van der Waals surface area contributed by atoms with Crippen LogP contribution in [0.3, 0.4) is 0 Å². The predicted octanol–water partition coefficient (Wildman–Crippen LogP) is 2.88. The van der Waals surface area contributed by atoms with E-state index in [9.17, 15) is 14.4 Å². The van der Waals surface area contributed by atoms with Crippen molar-refractivity contribution in [3.63, 3.8) is 0 Å².